The molecule has 0 spiro atoms. The topological polar surface area (TPSA) is 103 Å². The van der Waals surface area contributed by atoms with E-state index in [1.807, 2.05) is 70.2 Å². The molecule has 1 N–H and O–H groups in total. The highest BCUT2D eigenvalue weighted by Gasteiger charge is 2.19. The quantitative estimate of drug-likeness (QED) is 0.381. The van der Waals surface area contributed by atoms with Crippen LogP contribution in [0.1, 0.15) is 22.4 Å². The van der Waals surface area contributed by atoms with Gasteiger partial charge in [-0.3, -0.25) is 9.59 Å². The minimum absolute atomic E-state index is 0.0487. The number of carbonyl (C=O) groups excluding carboxylic acids is 1. The van der Waals surface area contributed by atoms with Crippen molar-refractivity contribution in [3.8, 4) is 22.8 Å². The summed E-state index contributed by atoms with van der Waals surface area (Å²) < 4.78 is 7.14. The number of amides is 1. The summed E-state index contributed by atoms with van der Waals surface area (Å²) >= 11 is 0. The third-order valence-electron chi connectivity index (χ3n) is 6.05. The highest BCUT2D eigenvalue weighted by molar-refractivity contribution is 5.93. The minimum atomic E-state index is -0.289. The SMILES string of the molecule is Cc1cccc(-c2noc(-c3cn(CC(=O)Nc4c(C)cccc4C)c4nc(C)ccc4c3=O)n2)c1. The number of para-hydroxylation sites is 1. The first-order valence-corrected chi connectivity index (χ1v) is 11.6. The molecule has 0 aliphatic rings. The van der Waals surface area contributed by atoms with E-state index in [0.29, 0.717) is 16.9 Å². The predicted molar refractivity (Wildman–Crippen MR) is 139 cm³/mol. The van der Waals surface area contributed by atoms with Crippen LogP contribution in [0.15, 0.2) is 70.1 Å². The van der Waals surface area contributed by atoms with E-state index in [1.165, 1.54) is 0 Å². The third kappa shape index (κ3) is 4.40. The van der Waals surface area contributed by atoms with Crippen molar-refractivity contribution in [1.29, 1.82) is 0 Å². The Labute approximate surface area is 207 Å². The summed E-state index contributed by atoms with van der Waals surface area (Å²) in [4.78, 5) is 35.5. The molecule has 0 radical (unpaired) electrons. The number of aromatic nitrogens is 4. The lowest BCUT2D eigenvalue weighted by molar-refractivity contribution is -0.116. The number of hydrogen-bond donors (Lipinski definition) is 1. The Morgan fingerprint density at radius 3 is 2.47 bits per heavy atom. The Kier molecular flexibility index (Phi) is 5.93. The van der Waals surface area contributed by atoms with Crippen molar-refractivity contribution in [2.45, 2.75) is 34.2 Å². The van der Waals surface area contributed by atoms with E-state index < -0.39 is 0 Å². The summed E-state index contributed by atoms with van der Waals surface area (Å²) in [5.74, 6) is 0.232. The second-order valence-electron chi connectivity index (χ2n) is 8.93. The van der Waals surface area contributed by atoms with Gasteiger partial charge in [0.25, 0.3) is 5.89 Å². The Morgan fingerprint density at radius 2 is 1.72 bits per heavy atom. The maximum atomic E-state index is 13.4. The molecular weight excluding hydrogens is 454 g/mol. The van der Waals surface area contributed by atoms with Crippen molar-refractivity contribution in [1.82, 2.24) is 19.7 Å². The number of carbonyl (C=O) groups is 1. The van der Waals surface area contributed by atoms with Crippen LogP contribution in [0.2, 0.25) is 0 Å². The summed E-state index contributed by atoms with van der Waals surface area (Å²) in [5, 5.41) is 7.44. The molecule has 0 saturated carbocycles. The molecule has 8 heteroatoms. The fourth-order valence-electron chi connectivity index (χ4n) is 4.21. The number of pyridine rings is 2. The Bertz CT molecular complexity index is 1660. The molecule has 0 unspecified atom stereocenters. The molecule has 0 aliphatic carbocycles. The first kappa shape index (κ1) is 23.2. The molecule has 0 fully saturated rings. The zero-order valence-electron chi connectivity index (χ0n) is 20.5. The van der Waals surface area contributed by atoms with Crippen LogP contribution in [-0.2, 0) is 11.3 Å². The maximum absolute atomic E-state index is 13.4. The molecule has 0 saturated heterocycles. The first-order chi connectivity index (χ1) is 17.3. The van der Waals surface area contributed by atoms with Gasteiger partial charge in [-0.25, -0.2) is 4.98 Å². The molecule has 0 bridgehead atoms. The molecule has 36 heavy (non-hydrogen) atoms. The van der Waals surface area contributed by atoms with Crippen molar-refractivity contribution >= 4 is 22.6 Å². The number of aryl methyl sites for hydroxylation is 4. The molecule has 5 rings (SSSR count). The highest BCUT2D eigenvalue weighted by atomic mass is 16.5. The van der Waals surface area contributed by atoms with E-state index in [0.717, 1.165) is 33.6 Å². The lowest BCUT2D eigenvalue weighted by Gasteiger charge is -2.14. The molecule has 1 amide bonds. The number of fused-ring (bicyclic) bond motifs is 1. The maximum Gasteiger partial charge on any atom is 0.263 e. The number of nitrogens with one attached hydrogen (secondary N) is 1. The first-order valence-electron chi connectivity index (χ1n) is 11.6. The van der Waals surface area contributed by atoms with Gasteiger partial charge in [-0.1, -0.05) is 47.1 Å². The van der Waals surface area contributed by atoms with E-state index in [1.54, 1.807) is 22.9 Å². The molecule has 0 aliphatic heterocycles. The monoisotopic (exact) mass is 479 g/mol. The smallest absolute Gasteiger partial charge is 0.263 e. The molecule has 8 nitrogen and oxygen atoms in total. The van der Waals surface area contributed by atoms with Crippen molar-refractivity contribution in [2.24, 2.45) is 0 Å². The standard InChI is InChI=1S/C28H25N5O3/c1-16-7-5-10-20(13-16)26-31-28(36-32-26)22-14-33(27-21(25(22)35)12-11-19(4)29-27)15-23(34)30-24-17(2)8-6-9-18(24)3/h5-14H,15H2,1-4H3,(H,30,34). The van der Waals surface area contributed by atoms with Crippen LogP contribution in [0.3, 0.4) is 0 Å². The van der Waals surface area contributed by atoms with Crippen LogP contribution in [0.4, 0.5) is 5.69 Å². The average molecular weight is 480 g/mol. The summed E-state index contributed by atoms with van der Waals surface area (Å²) in [6, 6.07) is 17.0. The number of anilines is 1. The van der Waals surface area contributed by atoms with Crippen molar-refractivity contribution in [3.05, 3.63) is 93.4 Å². The molecule has 180 valence electrons. The number of hydrogen-bond acceptors (Lipinski definition) is 6. The van der Waals surface area contributed by atoms with Gasteiger partial charge in [0.2, 0.25) is 17.2 Å². The van der Waals surface area contributed by atoms with Crippen LogP contribution >= 0.6 is 0 Å². The number of benzene rings is 2. The molecule has 3 heterocycles. The van der Waals surface area contributed by atoms with Crippen molar-refractivity contribution < 1.29 is 9.32 Å². The van der Waals surface area contributed by atoms with E-state index in [4.69, 9.17) is 4.52 Å². The second kappa shape index (κ2) is 9.22. The Morgan fingerprint density at radius 1 is 0.972 bits per heavy atom. The van der Waals surface area contributed by atoms with Gasteiger partial charge in [-0.2, -0.15) is 4.98 Å². The van der Waals surface area contributed by atoms with Gasteiger partial charge in [-0.05, 0) is 57.0 Å². The Hall–Kier alpha value is -4.59. The third-order valence-corrected chi connectivity index (χ3v) is 6.05. The van der Waals surface area contributed by atoms with Gasteiger partial charge in [0.1, 0.15) is 17.8 Å². The van der Waals surface area contributed by atoms with Crippen LogP contribution in [0.25, 0.3) is 33.9 Å². The lowest BCUT2D eigenvalue weighted by atomic mass is 10.1. The van der Waals surface area contributed by atoms with E-state index in [9.17, 15) is 9.59 Å². The minimum Gasteiger partial charge on any atom is -0.333 e. The van der Waals surface area contributed by atoms with E-state index in [2.05, 4.69) is 20.4 Å². The highest BCUT2D eigenvalue weighted by Crippen LogP contribution is 2.24. The van der Waals surface area contributed by atoms with Gasteiger partial charge < -0.3 is 14.4 Å². The summed E-state index contributed by atoms with van der Waals surface area (Å²) in [6.45, 7) is 7.66. The van der Waals surface area contributed by atoms with Crippen molar-refractivity contribution in [2.75, 3.05) is 5.32 Å². The summed E-state index contributed by atoms with van der Waals surface area (Å²) in [5.41, 5.74) is 5.63. The second-order valence-corrected chi connectivity index (χ2v) is 8.93. The lowest BCUT2D eigenvalue weighted by Crippen LogP contribution is -2.22. The zero-order chi connectivity index (χ0) is 25.4. The molecular formula is C28H25N5O3. The van der Waals surface area contributed by atoms with Gasteiger partial charge in [0, 0.05) is 23.1 Å². The molecule has 0 atom stereocenters. The number of nitrogens with zero attached hydrogens (tertiary/aromatic N) is 4. The zero-order valence-corrected chi connectivity index (χ0v) is 20.5. The largest absolute Gasteiger partial charge is 0.333 e. The fraction of sp³-hybridized carbons (Fsp3) is 0.179. The average Bonchev–Trinajstić information content (AvgIpc) is 3.33. The summed E-state index contributed by atoms with van der Waals surface area (Å²) in [6.07, 6.45) is 1.56. The van der Waals surface area contributed by atoms with E-state index in [-0.39, 0.29) is 29.3 Å². The van der Waals surface area contributed by atoms with Gasteiger partial charge in [0.15, 0.2) is 0 Å². The van der Waals surface area contributed by atoms with Gasteiger partial charge in [0.05, 0.1) is 5.39 Å². The Balaban J connectivity index is 1.57. The van der Waals surface area contributed by atoms with Crippen LogP contribution in [0, 0.1) is 27.7 Å². The normalized spacial score (nSPS) is 11.1. The fourth-order valence-corrected chi connectivity index (χ4v) is 4.21. The van der Waals surface area contributed by atoms with Crippen LogP contribution in [0.5, 0.6) is 0 Å². The number of rotatable bonds is 5. The molecule has 5 aromatic rings. The van der Waals surface area contributed by atoms with Gasteiger partial charge in [-0.15, -0.1) is 0 Å². The summed E-state index contributed by atoms with van der Waals surface area (Å²) in [7, 11) is 0. The predicted octanol–water partition coefficient (Wildman–Crippen LogP) is 4.99. The van der Waals surface area contributed by atoms with Crippen LogP contribution in [-0.4, -0.2) is 25.6 Å². The van der Waals surface area contributed by atoms with Gasteiger partial charge >= 0.3 is 0 Å². The van der Waals surface area contributed by atoms with Crippen molar-refractivity contribution in [3.63, 3.8) is 0 Å². The van der Waals surface area contributed by atoms with Crippen LogP contribution < -0.4 is 10.7 Å². The molecule has 3 aromatic heterocycles. The van der Waals surface area contributed by atoms with E-state index >= 15 is 0 Å². The molecule has 2 aromatic carbocycles.